The minimum absolute atomic E-state index is 0.0305. The Balaban J connectivity index is 1.78. The van der Waals surface area contributed by atoms with E-state index in [0.717, 1.165) is 29.9 Å². The van der Waals surface area contributed by atoms with Crippen molar-refractivity contribution in [1.29, 1.82) is 0 Å². The topological polar surface area (TPSA) is 64.2 Å². The Morgan fingerprint density at radius 1 is 1.43 bits per heavy atom. The monoisotopic (exact) mass is 314 g/mol. The lowest BCUT2D eigenvalue weighted by atomic mass is 9.74. The Morgan fingerprint density at radius 3 is 2.96 bits per heavy atom. The van der Waals surface area contributed by atoms with Gasteiger partial charge in [0.15, 0.2) is 0 Å². The third kappa shape index (κ3) is 3.38. The van der Waals surface area contributed by atoms with Gasteiger partial charge >= 0.3 is 0 Å². The van der Waals surface area contributed by atoms with Gasteiger partial charge in [0.1, 0.15) is 18.1 Å². The highest BCUT2D eigenvalue weighted by Crippen LogP contribution is 2.41. The number of nitrogens with one attached hydrogen (secondary N) is 1. The van der Waals surface area contributed by atoms with Gasteiger partial charge in [-0.2, -0.15) is 0 Å². The number of rotatable bonds is 3. The second-order valence-corrected chi connectivity index (χ2v) is 7.07. The van der Waals surface area contributed by atoms with Crippen LogP contribution in [0.3, 0.4) is 0 Å². The van der Waals surface area contributed by atoms with E-state index >= 15 is 0 Å². The summed E-state index contributed by atoms with van der Waals surface area (Å²) in [7, 11) is 0. The molecule has 0 unspecified atom stereocenters. The molecule has 3 rings (SSSR count). The fourth-order valence-electron chi connectivity index (χ4n) is 3.30. The maximum Gasteiger partial charge on any atom is 0.250 e. The lowest BCUT2D eigenvalue weighted by Gasteiger charge is -2.34. The zero-order chi connectivity index (χ0) is 16.6. The Hall–Kier alpha value is -2.30. The number of furan rings is 1. The highest BCUT2D eigenvalue weighted by Gasteiger charge is 2.35. The third-order valence-electron chi connectivity index (χ3n) is 4.28. The van der Waals surface area contributed by atoms with Crippen molar-refractivity contribution >= 4 is 5.91 Å². The third-order valence-corrected chi connectivity index (χ3v) is 4.28. The molecular formula is C18H22N2O3. The Bertz CT molecular complexity index is 786. The van der Waals surface area contributed by atoms with E-state index in [9.17, 15) is 9.59 Å². The van der Waals surface area contributed by atoms with Crippen LogP contribution in [0.5, 0.6) is 0 Å². The minimum atomic E-state index is -0.175. The van der Waals surface area contributed by atoms with Crippen LogP contribution in [0.25, 0.3) is 0 Å². The highest BCUT2D eigenvalue weighted by atomic mass is 16.3. The predicted octanol–water partition coefficient (Wildman–Crippen LogP) is 2.58. The number of hydrogen-bond acceptors (Lipinski definition) is 3. The summed E-state index contributed by atoms with van der Waals surface area (Å²) in [5, 5.41) is 3.06. The number of fused-ring (bicyclic) bond motifs is 1. The van der Waals surface area contributed by atoms with Crippen LogP contribution >= 0.6 is 0 Å². The average molecular weight is 314 g/mol. The number of pyridine rings is 1. The predicted molar refractivity (Wildman–Crippen MR) is 87.1 cm³/mol. The van der Waals surface area contributed by atoms with Crippen molar-refractivity contribution in [3.05, 3.63) is 57.9 Å². The molecule has 1 N–H and O–H groups in total. The molecule has 1 aliphatic rings. The zero-order valence-corrected chi connectivity index (χ0v) is 13.8. The van der Waals surface area contributed by atoms with Crippen LogP contribution in [0.15, 0.2) is 39.7 Å². The molecule has 0 spiro atoms. The second-order valence-electron chi connectivity index (χ2n) is 7.07. The molecule has 1 aliphatic carbocycles. The summed E-state index contributed by atoms with van der Waals surface area (Å²) in [5.41, 5.74) is 0.959. The molecule has 0 fully saturated rings. The molecule has 0 bridgehead atoms. The Kier molecular flexibility index (Phi) is 3.88. The Labute approximate surface area is 135 Å². The summed E-state index contributed by atoms with van der Waals surface area (Å²) in [4.78, 5) is 24.1. The van der Waals surface area contributed by atoms with Crippen molar-refractivity contribution in [2.75, 3.05) is 0 Å². The molecular weight excluding hydrogens is 292 g/mol. The molecule has 0 aromatic carbocycles. The molecule has 0 saturated heterocycles. The van der Waals surface area contributed by atoms with Crippen molar-refractivity contribution in [2.45, 2.75) is 46.2 Å². The summed E-state index contributed by atoms with van der Waals surface area (Å²) in [5.74, 6) is 1.66. The van der Waals surface area contributed by atoms with Crippen molar-refractivity contribution in [3.8, 4) is 0 Å². The number of carbonyl (C=O) groups is 1. The summed E-state index contributed by atoms with van der Waals surface area (Å²) < 4.78 is 7.19. The van der Waals surface area contributed by atoms with Gasteiger partial charge in [-0.3, -0.25) is 9.59 Å². The Morgan fingerprint density at radius 2 is 2.22 bits per heavy atom. The quantitative estimate of drug-likeness (QED) is 0.947. The first-order chi connectivity index (χ1) is 10.8. The molecule has 0 radical (unpaired) electrons. The SMILES string of the molecule is Cc1cc2c(o1)CC(C)(C)C[C@@H]2NC(=O)Cn1ccccc1=O. The fraction of sp³-hybridized carbons (Fsp3) is 0.444. The van der Waals surface area contributed by atoms with E-state index in [-0.39, 0.29) is 29.5 Å². The minimum Gasteiger partial charge on any atom is -0.466 e. The van der Waals surface area contributed by atoms with Crippen LogP contribution in [0.1, 0.15) is 43.4 Å². The molecule has 0 aliphatic heterocycles. The van der Waals surface area contributed by atoms with Gasteiger partial charge in [0.2, 0.25) is 5.91 Å². The van der Waals surface area contributed by atoms with E-state index in [1.807, 2.05) is 13.0 Å². The average Bonchev–Trinajstić information content (AvgIpc) is 2.80. The van der Waals surface area contributed by atoms with E-state index in [4.69, 9.17) is 4.42 Å². The van der Waals surface area contributed by atoms with Gasteiger partial charge in [-0.15, -0.1) is 0 Å². The summed E-state index contributed by atoms with van der Waals surface area (Å²) in [6, 6.07) is 6.80. The van der Waals surface area contributed by atoms with Gasteiger partial charge in [-0.05, 0) is 30.9 Å². The maximum absolute atomic E-state index is 12.4. The molecule has 5 nitrogen and oxygen atoms in total. The number of amides is 1. The van der Waals surface area contributed by atoms with Crippen LogP contribution in [0.2, 0.25) is 0 Å². The first kappa shape index (κ1) is 15.6. The van der Waals surface area contributed by atoms with Gasteiger partial charge in [-0.1, -0.05) is 19.9 Å². The lowest BCUT2D eigenvalue weighted by Crippen LogP contribution is -2.38. The van der Waals surface area contributed by atoms with Crippen LogP contribution in [0.4, 0.5) is 0 Å². The highest BCUT2D eigenvalue weighted by molar-refractivity contribution is 5.76. The zero-order valence-electron chi connectivity index (χ0n) is 13.8. The van der Waals surface area contributed by atoms with Crippen LogP contribution in [0, 0.1) is 12.3 Å². The lowest BCUT2D eigenvalue weighted by molar-refractivity contribution is -0.122. The smallest absolute Gasteiger partial charge is 0.250 e. The summed E-state index contributed by atoms with van der Waals surface area (Å²) in [6.45, 7) is 6.31. The van der Waals surface area contributed by atoms with Gasteiger partial charge < -0.3 is 14.3 Å². The molecule has 2 aromatic rings. The van der Waals surface area contributed by atoms with E-state index in [1.165, 1.54) is 10.6 Å². The molecule has 5 heteroatoms. The molecule has 0 saturated carbocycles. The van der Waals surface area contributed by atoms with Crippen molar-refractivity contribution in [2.24, 2.45) is 5.41 Å². The van der Waals surface area contributed by atoms with E-state index in [1.54, 1.807) is 18.3 Å². The largest absolute Gasteiger partial charge is 0.466 e. The number of aromatic nitrogens is 1. The first-order valence-corrected chi connectivity index (χ1v) is 7.88. The molecule has 122 valence electrons. The van der Waals surface area contributed by atoms with Gasteiger partial charge in [0.05, 0.1) is 6.04 Å². The maximum atomic E-state index is 12.4. The molecule has 2 aromatic heterocycles. The summed E-state index contributed by atoms with van der Waals surface area (Å²) >= 11 is 0. The van der Waals surface area contributed by atoms with Crippen molar-refractivity contribution in [1.82, 2.24) is 9.88 Å². The van der Waals surface area contributed by atoms with Crippen LogP contribution in [-0.2, 0) is 17.8 Å². The molecule has 2 heterocycles. The fourth-order valence-corrected chi connectivity index (χ4v) is 3.30. The molecule has 23 heavy (non-hydrogen) atoms. The second kappa shape index (κ2) is 5.72. The number of nitrogens with zero attached hydrogens (tertiary/aromatic N) is 1. The van der Waals surface area contributed by atoms with E-state index in [2.05, 4.69) is 19.2 Å². The van der Waals surface area contributed by atoms with Gasteiger partial charge in [0, 0.05) is 24.2 Å². The van der Waals surface area contributed by atoms with Crippen LogP contribution in [-0.4, -0.2) is 10.5 Å². The van der Waals surface area contributed by atoms with Crippen LogP contribution < -0.4 is 10.9 Å². The normalized spacial score (nSPS) is 19.2. The standard InChI is InChI=1S/C18H22N2O3/c1-12-8-13-14(9-18(2,3)10-15(13)23-12)19-16(21)11-20-7-5-4-6-17(20)22/h4-8,14H,9-11H2,1-3H3,(H,19,21)/t14-/m0/s1. The van der Waals surface area contributed by atoms with Gasteiger partial charge in [-0.25, -0.2) is 0 Å². The van der Waals surface area contributed by atoms with Crippen molar-refractivity contribution < 1.29 is 9.21 Å². The van der Waals surface area contributed by atoms with Gasteiger partial charge in [0.25, 0.3) is 5.56 Å². The number of aryl methyl sites for hydroxylation is 1. The summed E-state index contributed by atoms with van der Waals surface area (Å²) in [6.07, 6.45) is 3.36. The number of carbonyl (C=O) groups excluding carboxylic acids is 1. The van der Waals surface area contributed by atoms with E-state index in [0.29, 0.717) is 0 Å². The first-order valence-electron chi connectivity index (χ1n) is 7.88. The number of hydrogen-bond donors (Lipinski definition) is 1. The van der Waals surface area contributed by atoms with Crippen molar-refractivity contribution in [3.63, 3.8) is 0 Å². The molecule has 1 atom stereocenters. The molecule has 1 amide bonds. The van der Waals surface area contributed by atoms with E-state index < -0.39 is 0 Å².